The first-order valence-electron chi connectivity index (χ1n) is 6.47. The number of nitrogens with two attached hydrogens (primary N) is 2. The van der Waals surface area contributed by atoms with Gasteiger partial charge in [0.1, 0.15) is 0 Å². The topological polar surface area (TPSA) is 61.3 Å². The van der Waals surface area contributed by atoms with Crippen molar-refractivity contribution < 1.29 is 4.74 Å². The summed E-state index contributed by atoms with van der Waals surface area (Å²) >= 11 is 0. The quantitative estimate of drug-likeness (QED) is 0.827. The van der Waals surface area contributed by atoms with E-state index in [1.165, 1.54) is 0 Å². The molecular weight excluding hydrogens is 236 g/mol. The highest BCUT2D eigenvalue weighted by molar-refractivity contribution is 5.83. The number of nitrogen functional groups attached to an aromatic ring is 2. The molecule has 2 aromatic rings. The fourth-order valence-electron chi connectivity index (χ4n) is 1.69. The van der Waals surface area contributed by atoms with Crippen LogP contribution in [-0.4, -0.2) is 13.2 Å². The Kier molecular flexibility index (Phi) is 6.47. The summed E-state index contributed by atoms with van der Waals surface area (Å²) in [5, 5.41) is 0. The lowest BCUT2D eigenvalue weighted by atomic mass is 10.0. The maximum Gasteiger partial charge on any atom is 0.0437 e. The Bertz CT molecular complexity index is 452. The van der Waals surface area contributed by atoms with Gasteiger partial charge in [0, 0.05) is 35.7 Å². The Morgan fingerprint density at radius 3 is 1.37 bits per heavy atom. The average molecular weight is 258 g/mol. The smallest absolute Gasteiger partial charge is 0.0437 e. The summed E-state index contributed by atoms with van der Waals surface area (Å²) < 4.78 is 4.83. The third-order valence-electron chi connectivity index (χ3n) is 2.62. The molecule has 0 aliphatic heterocycles. The Morgan fingerprint density at radius 2 is 1.11 bits per heavy atom. The third-order valence-corrected chi connectivity index (χ3v) is 2.62. The molecule has 3 heteroatoms. The monoisotopic (exact) mass is 258 g/mol. The van der Waals surface area contributed by atoms with Crippen molar-refractivity contribution in [2.45, 2.75) is 13.8 Å². The van der Waals surface area contributed by atoms with Gasteiger partial charge in [-0.1, -0.05) is 36.4 Å². The first-order valence-corrected chi connectivity index (χ1v) is 6.47. The number of ether oxygens (including phenoxy) is 1. The normalized spacial score (nSPS) is 9.58. The fraction of sp³-hybridized carbons (Fsp3) is 0.250. The first kappa shape index (κ1) is 15.1. The van der Waals surface area contributed by atoms with Gasteiger partial charge in [0.25, 0.3) is 0 Å². The van der Waals surface area contributed by atoms with Crippen LogP contribution in [0.1, 0.15) is 13.8 Å². The molecule has 0 saturated carbocycles. The first-order chi connectivity index (χ1) is 9.20. The van der Waals surface area contributed by atoms with Gasteiger partial charge in [0.05, 0.1) is 0 Å². The van der Waals surface area contributed by atoms with Gasteiger partial charge in [0.15, 0.2) is 0 Å². The minimum Gasteiger partial charge on any atom is -0.398 e. The molecule has 0 bridgehead atoms. The van der Waals surface area contributed by atoms with Crippen LogP contribution in [0.2, 0.25) is 0 Å². The van der Waals surface area contributed by atoms with Crippen molar-refractivity contribution >= 4 is 11.4 Å². The second-order valence-electron chi connectivity index (χ2n) is 3.96. The van der Waals surface area contributed by atoms with E-state index in [4.69, 9.17) is 16.2 Å². The van der Waals surface area contributed by atoms with E-state index in [2.05, 4.69) is 0 Å². The van der Waals surface area contributed by atoms with E-state index in [1.807, 2.05) is 62.4 Å². The molecule has 0 fully saturated rings. The van der Waals surface area contributed by atoms with Crippen molar-refractivity contribution in [3.63, 3.8) is 0 Å². The van der Waals surface area contributed by atoms with Crippen molar-refractivity contribution in [2.75, 3.05) is 24.7 Å². The van der Waals surface area contributed by atoms with Gasteiger partial charge in [-0.05, 0) is 26.0 Å². The van der Waals surface area contributed by atoms with Crippen LogP contribution in [0, 0.1) is 0 Å². The lowest BCUT2D eigenvalue weighted by Gasteiger charge is -2.07. The Labute approximate surface area is 115 Å². The Morgan fingerprint density at radius 1 is 0.737 bits per heavy atom. The number of anilines is 2. The third kappa shape index (κ3) is 4.64. The largest absolute Gasteiger partial charge is 0.398 e. The second kappa shape index (κ2) is 8.16. The SMILES string of the molecule is CCOCC.Nc1ccccc1-c1ccccc1N. The molecule has 0 atom stereocenters. The summed E-state index contributed by atoms with van der Waals surface area (Å²) in [7, 11) is 0. The molecule has 0 heterocycles. The molecule has 102 valence electrons. The molecule has 0 aliphatic carbocycles. The van der Waals surface area contributed by atoms with Crippen LogP contribution in [0.25, 0.3) is 11.1 Å². The zero-order valence-corrected chi connectivity index (χ0v) is 11.6. The highest BCUT2D eigenvalue weighted by Gasteiger charge is 2.03. The Balaban J connectivity index is 0.000000312. The molecule has 0 radical (unpaired) electrons. The minimum atomic E-state index is 0.755. The molecule has 0 spiro atoms. The van der Waals surface area contributed by atoms with Gasteiger partial charge in [-0.25, -0.2) is 0 Å². The number of hydrogen-bond acceptors (Lipinski definition) is 3. The van der Waals surface area contributed by atoms with Crippen LogP contribution in [0.4, 0.5) is 11.4 Å². The van der Waals surface area contributed by atoms with E-state index in [0.717, 1.165) is 35.7 Å². The van der Waals surface area contributed by atoms with Crippen molar-refractivity contribution in [1.29, 1.82) is 0 Å². The number of rotatable bonds is 3. The molecule has 0 aliphatic rings. The second-order valence-corrected chi connectivity index (χ2v) is 3.96. The summed E-state index contributed by atoms with van der Waals surface area (Å²) in [6.07, 6.45) is 0. The molecule has 0 aromatic heterocycles. The highest BCUT2D eigenvalue weighted by Crippen LogP contribution is 2.29. The molecule has 3 nitrogen and oxygen atoms in total. The molecule has 0 amide bonds. The van der Waals surface area contributed by atoms with Gasteiger partial charge in [-0.3, -0.25) is 0 Å². The maximum absolute atomic E-state index is 5.87. The predicted molar refractivity (Wildman–Crippen MR) is 82.9 cm³/mol. The van der Waals surface area contributed by atoms with Crippen LogP contribution < -0.4 is 11.5 Å². The lowest BCUT2D eigenvalue weighted by Crippen LogP contribution is -1.93. The standard InChI is InChI=1S/C12H12N2.C4H10O/c13-11-7-3-1-5-9(11)10-6-2-4-8-12(10)14;1-3-5-4-2/h1-8H,13-14H2;3-4H2,1-2H3. The maximum atomic E-state index is 5.87. The molecule has 4 N–H and O–H groups in total. The van der Waals surface area contributed by atoms with Crippen molar-refractivity contribution in [3.05, 3.63) is 48.5 Å². The molecular formula is C16H22N2O. The summed E-state index contributed by atoms with van der Waals surface area (Å²) in [4.78, 5) is 0. The molecule has 0 unspecified atom stereocenters. The molecule has 2 rings (SSSR count). The van der Waals surface area contributed by atoms with Crippen LogP contribution in [0.5, 0.6) is 0 Å². The van der Waals surface area contributed by atoms with Crippen molar-refractivity contribution in [3.8, 4) is 11.1 Å². The summed E-state index contributed by atoms with van der Waals surface area (Å²) in [5.74, 6) is 0. The minimum absolute atomic E-state index is 0.755. The summed E-state index contributed by atoms with van der Waals surface area (Å²) in [6.45, 7) is 5.67. The molecule has 19 heavy (non-hydrogen) atoms. The average Bonchev–Trinajstić information content (AvgIpc) is 2.42. The highest BCUT2D eigenvalue weighted by atomic mass is 16.5. The van der Waals surface area contributed by atoms with Crippen LogP contribution in [-0.2, 0) is 4.74 Å². The van der Waals surface area contributed by atoms with Gasteiger partial charge in [0.2, 0.25) is 0 Å². The van der Waals surface area contributed by atoms with Crippen molar-refractivity contribution in [2.24, 2.45) is 0 Å². The van der Waals surface area contributed by atoms with Crippen molar-refractivity contribution in [1.82, 2.24) is 0 Å². The van der Waals surface area contributed by atoms with Gasteiger partial charge in [-0.2, -0.15) is 0 Å². The van der Waals surface area contributed by atoms with E-state index >= 15 is 0 Å². The van der Waals surface area contributed by atoms with E-state index < -0.39 is 0 Å². The van der Waals surface area contributed by atoms with Gasteiger partial charge in [-0.15, -0.1) is 0 Å². The number of benzene rings is 2. The van der Waals surface area contributed by atoms with Crippen LogP contribution >= 0.6 is 0 Å². The lowest BCUT2D eigenvalue weighted by molar-refractivity contribution is 0.162. The van der Waals surface area contributed by atoms with E-state index in [9.17, 15) is 0 Å². The predicted octanol–water partition coefficient (Wildman–Crippen LogP) is 3.56. The van der Waals surface area contributed by atoms with Gasteiger partial charge < -0.3 is 16.2 Å². The molecule has 0 saturated heterocycles. The number of para-hydroxylation sites is 2. The van der Waals surface area contributed by atoms with E-state index in [-0.39, 0.29) is 0 Å². The summed E-state index contributed by atoms with van der Waals surface area (Å²) in [6, 6.07) is 15.4. The van der Waals surface area contributed by atoms with Crippen LogP contribution in [0.3, 0.4) is 0 Å². The number of hydrogen-bond donors (Lipinski definition) is 2. The van der Waals surface area contributed by atoms with E-state index in [0.29, 0.717) is 0 Å². The van der Waals surface area contributed by atoms with Crippen LogP contribution in [0.15, 0.2) is 48.5 Å². The fourth-order valence-corrected chi connectivity index (χ4v) is 1.69. The van der Waals surface area contributed by atoms with Gasteiger partial charge >= 0.3 is 0 Å². The zero-order valence-electron chi connectivity index (χ0n) is 11.6. The molecule has 2 aromatic carbocycles. The Hall–Kier alpha value is -2.00. The summed E-state index contributed by atoms with van der Waals surface area (Å²) in [5.41, 5.74) is 15.2. The van der Waals surface area contributed by atoms with E-state index in [1.54, 1.807) is 0 Å². The zero-order chi connectivity index (χ0) is 14.1.